The van der Waals surface area contributed by atoms with Gasteiger partial charge in [0.15, 0.2) is 11.5 Å². The van der Waals surface area contributed by atoms with E-state index in [0.717, 1.165) is 12.1 Å². The minimum atomic E-state index is -0.748. The highest BCUT2D eigenvalue weighted by molar-refractivity contribution is 5.82. The van der Waals surface area contributed by atoms with Crippen LogP contribution in [0.5, 0.6) is 11.5 Å². The fourth-order valence-corrected chi connectivity index (χ4v) is 2.06. The highest BCUT2D eigenvalue weighted by atomic mass is 16.6. The molecule has 140 valence electrons. The molecule has 0 aliphatic heterocycles. The van der Waals surface area contributed by atoms with E-state index in [1.54, 1.807) is 12.1 Å². The van der Waals surface area contributed by atoms with Crippen LogP contribution in [-0.4, -0.2) is 29.1 Å². The average molecular weight is 374 g/mol. The van der Waals surface area contributed by atoms with Crippen molar-refractivity contribution in [1.29, 1.82) is 0 Å². The van der Waals surface area contributed by atoms with Crippen LogP contribution in [0.4, 0.5) is 17.1 Å². The summed E-state index contributed by atoms with van der Waals surface area (Å²) >= 11 is 0. The van der Waals surface area contributed by atoms with Gasteiger partial charge in [-0.1, -0.05) is 0 Å². The number of benzene rings is 2. The van der Waals surface area contributed by atoms with Crippen LogP contribution in [0, 0.1) is 20.2 Å². The van der Waals surface area contributed by atoms with Crippen LogP contribution in [0.25, 0.3) is 0 Å². The molecule has 0 atom stereocenters. The molecule has 0 bridgehead atoms. The smallest absolute Gasteiger partial charge is 0.308 e. The van der Waals surface area contributed by atoms with Gasteiger partial charge < -0.3 is 9.47 Å². The number of hydrazone groups is 1. The summed E-state index contributed by atoms with van der Waals surface area (Å²) in [6.45, 7) is 1.26. The zero-order chi connectivity index (χ0) is 20.0. The predicted molar refractivity (Wildman–Crippen MR) is 95.3 cm³/mol. The number of anilines is 1. The number of hydrogen-bond donors (Lipinski definition) is 1. The van der Waals surface area contributed by atoms with Crippen molar-refractivity contribution >= 4 is 29.2 Å². The maximum Gasteiger partial charge on any atom is 0.308 e. The molecule has 0 spiro atoms. The molecule has 0 saturated heterocycles. The second-order valence-electron chi connectivity index (χ2n) is 5.09. The Morgan fingerprint density at radius 2 is 1.85 bits per heavy atom. The van der Waals surface area contributed by atoms with Gasteiger partial charge >= 0.3 is 11.7 Å². The highest BCUT2D eigenvalue weighted by Gasteiger charge is 2.19. The van der Waals surface area contributed by atoms with E-state index in [0.29, 0.717) is 11.3 Å². The Morgan fingerprint density at radius 3 is 2.44 bits per heavy atom. The lowest BCUT2D eigenvalue weighted by Crippen LogP contribution is -2.03. The Hall–Kier alpha value is -4.02. The van der Waals surface area contributed by atoms with Crippen LogP contribution in [0.2, 0.25) is 0 Å². The summed E-state index contributed by atoms with van der Waals surface area (Å²) < 4.78 is 10.1. The number of non-ortho nitro benzene ring substituents is 1. The molecule has 2 aromatic carbocycles. The number of nitro groups is 2. The monoisotopic (exact) mass is 374 g/mol. The Labute approximate surface area is 152 Å². The van der Waals surface area contributed by atoms with Crippen molar-refractivity contribution in [2.45, 2.75) is 6.92 Å². The number of hydrogen-bond acceptors (Lipinski definition) is 9. The van der Waals surface area contributed by atoms with E-state index in [-0.39, 0.29) is 11.4 Å². The quantitative estimate of drug-likeness (QED) is 0.256. The van der Waals surface area contributed by atoms with Crippen LogP contribution in [0.1, 0.15) is 12.5 Å². The summed E-state index contributed by atoms with van der Waals surface area (Å²) in [6, 6.07) is 7.81. The van der Waals surface area contributed by atoms with Crippen LogP contribution >= 0.6 is 0 Å². The van der Waals surface area contributed by atoms with E-state index < -0.39 is 27.2 Å². The zero-order valence-corrected chi connectivity index (χ0v) is 14.2. The molecule has 0 heterocycles. The Morgan fingerprint density at radius 1 is 1.11 bits per heavy atom. The van der Waals surface area contributed by atoms with E-state index >= 15 is 0 Å². The molecule has 0 aliphatic rings. The first kappa shape index (κ1) is 19.3. The lowest BCUT2D eigenvalue weighted by molar-refractivity contribution is -0.393. The van der Waals surface area contributed by atoms with Gasteiger partial charge in [-0.2, -0.15) is 5.10 Å². The molecule has 2 rings (SSSR count). The summed E-state index contributed by atoms with van der Waals surface area (Å²) in [4.78, 5) is 31.4. The molecule has 0 amide bonds. The fraction of sp³-hybridized carbons (Fsp3) is 0.125. The topological polar surface area (TPSA) is 146 Å². The first-order valence-electron chi connectivity index (χ1n) is 7.40. The van der Waals surface area contributed by atoms with Crippen LogP contribution < -0.4 is 14.9 Å². The van der Waals surface area contributed by atoms with Gasteiger partial charge in [0.05, 0.1) is 29.2 Å². The third-order valence-corrected chi connectivity index (χ3v) is 3.23. The van der Waals surface area contributed by atoms with E-state index in [4.69, 9.17) is 9.47 Å². The number of esters is 1. The molecular weight excluding hydrogens is 360 g/mol. The summed E-state index contributed by atoms with van der Waals surface area (Å²) in [5, 5.41) is 25.7. The average Bonchev–Trinajstić information content (AvgIpc) is 2.62. The van der Waals surface area contributed by atoms with Crippen molar-refractivity contribution in [3.05, 3.63) is 62.2 Å². The number of nitro benzene ring substituents is 2. The lowest BCUT2D eigenvalue weighted by Gasteiger charge is -2.08. The van der Waals surface area contributed by atoms with Gasteiger partial charge in [-0.05, 0) is 29.8 Å². The summed E-state index contributed by atoms with van der Waals surface area (Å²) in [5.41, 5.74) is 2.14. The fourth-order valence-electron chi connectivity index (χ4n) is 2.06. The van der Waals surface area contributed by atoms with Gasteiger partial charge in [0.1, 0.15) is 5.69 Å². The van der Waals surface area contributed by atoms with Gasteiger partial charge in [0, 0.05) is 13.0 Å². The SMILES string of the molecule is COc1cc(/C=N\Nc2ccc([N+](=O)[O-])cc2[N+](=O)[O-])ccc1OC(C)=O. The molecule has 2 aromatic rings. The number of nitrogens with one attached hydrogen (secondary N) is 1. The molecular formula is C16H14N4O7. The molecule has 0 saturated carbocycles. The molecule has 0 aliphatic carbocycles. The van der Waals surface area contributed by atoms with Gasteiger partial charge in [-0.3, -0.25) is 30.4 Å². The minimum Gasteiger partial charge on any atom is -0.493 e. The molecule has 27 heavy (non-hydrogen) atoms. The number of methoxy groups -OCH3 is 1. The summed E-state index contributed by atoms with van der Waals surface area (Å²) in [7, 11) is 1.40. The molecule has 0 aromatic heterocycles. The van der Waals surface area contributed by atoms with Gasteiger partial charge in [0.2, 0.25) is 0 Å². The molecule has 11 nitrogen and oxygen atoms in total. The van der Waals surface area contributed by atoms with Crippen molar-refractivity contribution in [1.82, 2.24) is 0 Å². The lowest BCUT2D eigenvalue weighted by atomic mass is 10.2. The summed E-state index contributed by atoms with van der Waals surface area (Å²) in [6.07, 6.45) is 1.35. The number of carbonyl (C=O) groups is 1. The standard InChI is InChI=1S/C16H14N4O7/c1-10(21)27-15-6-3-11(7-16(15)26-2)9-17-18-13-5-4-12(19(22)23)8-14(13)20(24)25/h3-9,18H,1-2H3/b17-9-. The second-order valence-corrected chi connectivity index (χ2v) is 5.09. The maximum atomic E-state index is 11.1. The van der Waals surface area contributed by atoms with Crippen molar-refractivity contribution in [2.75, 3.05) is 12.5 Å². The van der Waals surface area contributed by atoms with Crippen molar-refractivity contribution in [3.63, 3.8) is 0 Å². The molecule has 11 heteroatoms. The van der Waals surface area contributed by atoms with E-state index in [9.17, 15) is 25.0 Å². The molecule has 1 N–H and O–H groups in total. The first-order chi connectivity index (χ1) is 12.8. The first-order valence-corrected chi connectivity index (χ1v) is 7.40. The van der Waals surface area contributed by atoms with E-state index in [1.165, 1.54) is 32.4 Å². The highest BCUT2D eigenvalue weighted by Crippen LogP contribution is 2.29. The van der Waals surface area contributed by atoms with Crippen LogP contribution in [0.3, 0.4) is 0 Å². The van der Waals surface area contributed by atoms with E-state index in [2.05, 4.69) is 10.5 Å². The van der Waals surface area contributed by atoms with Gasteiger partial charge in [0.25, 0.3) is 5.69 Å². The normalized spacial score (nSPS) is 10.4. The number of ether oxygens (including phenoxy) is 2. The number of rotatable bonds is 7. The number of carbonyl (C=O) groups excluding carboxylic acids is 1. The largest absolute Gasteiger partial charge is 0.493 e. The Kier molecular flexibility index (Phi) is 5.99. The van der Waals surface area contributed by atoms with Crippen LogP contribution in [0.15, 0.2) is 41.5 Å². The van der Waals surface area contributed by atoms with Crippen molar-refractivity contribution in [3.8, 4) is 11.5 Å². The predicted octanol–water partition coefficient (Wildman–Crippen LogP) is 2.88. The summed E-state index contributed by atoms with van der Waals surface area (Å²) in [5.74, 6) is 0.0402. The third-order valence-electron chi connectivity index (χ3n) is 3.23. The molecule has 0 radical (unpaired) electrons. The third kappa shape index (κ3) is 4.98. The minimum absolute atomic E-state index is 0.00894. The van der Waals surface area contributed by atoms with Gasteiger partial charge in [-0.15, -0.1) is 0 Å². The van der Waals surface area contributed by atoms with E-state index in [1.807, 2.05) is 0 Å². The molecule has 0 unspecified atom stereocenters. The zero-order valence-electron chi connectivity index (χ0n) is 14.2. The second kappa shape index (κ2) is 8.38. The molecule has 0 fully saturated rings. The Bertz CT molecular complexity index is 927. The Balaban J connectivity index is 2.21. The van der Waals surface area contributed by atoms with Crippen molar-refractivity contribution < 1.29 is 24.1 Å². The number of nitrogens with zero attached hydrogens (tertiary/aromatic N) is 3. The van der Waals surface area contributed by atoms with Crippen molar-refractivity contribution in [2.24, 2.45) is 5.10 Å². The van der Waals surface area contributed by atoms with Gasteiger partial charge in [-0.25, -0.2) is 0 Å². The maximum absolute atomic E-state index is 11.1. The van der Waals surface area contributed by atoms with Crippen LogP contribution in [-0.2, 0) is 4.79 Å².